The van der Waals surface area contributed by atoms with Crippen molar-refractivity contribution in [2.75, 3.05) is 13.1 Å². The molecule has 0 aliphatic carbocycles. The van der Waals surface area contributed by atoms with E-state index in [1.807, 2.05) is 13.8 Å². The molecule has 0 fully saturated rings. The van der Waals surface area contributed by atoms with E-state index in [2.05, 4.69) is 17.2 Å². The van der Waals surface area contributed by atoms with Crippen LogP contribution < -0.4 is 10.9 Å². The summed E-state index contributed by atoms with van der Waals surface area (Å²) in [6.45, 7) is 8.43. The van der Waals surface area contributed by atoms with E-state index in [4.69, 9.17) is 0 Å². The van der Waals surface area contributed by atoms with Gasteiger partial charge in [-0.05, 0) is 26.8 Å². The number of unbranched alkanes of at least 4 members (excludes halogenated alkanes) is 1. The van der Waals surface area contributed by atoms with Crippen LogP contribution in [0, 0.1) is 13.8 Å². The molecule has 16 heavy (non-hydrogen) atoms. The topological polar surface area (TPSA) is 46.9 Å². The molecule has 0 radical (unpaired) electrons. The third kappa shape index (κ3) is 3.77. The van der Waals surface area contributed by atoms with E-state index in [1.54, 1.807) is 10.6 Å². The molecule has 0 unspecified atom stereocenters. The van der Waals surface area contributed by atoms with Crippen LogP contribution in [0.2, 0.25) is 0 Å². The summed E-state index contributed by atoms with van der Waals surface area (Å²) in [6.07, 6.45) is 2.37. The molecule has 0 atom stereocenters. The summed E-state index contributed by atoms with van der Waals surface area (Å²) in [5.41, 5.74) is 0.833. The Balaban J connectivity index is 2.51. The lowest BCUT2D eigenvalue weighted by molar-refractivity contribution is 0.553. The third-order valence-corrected chi connectivity index (χ3v) is 2.55. The van der Waals surface area contributed by atoms with Gasteiger partial charge in [-0.15, -0.1) is 0 Å². The second kappa shape index (κ2) is 6.43. The standard InChI is InChI=1S/C12H21N3O/c1-4-5-6-13-7-8-15-11(3)14-10(2)9-12(15)16/h9,13H,4-8H2,1-3H3. The van der Waals surface area contributed by atoms with Crippen LogP contribution in [0.4, 0.5) is 0 Å². The highest BCUT2D eigenvalue weighted by Gasteiger charge is 2.01. The first-order valence-electron chi connectivity index (χ1n) is 5.91. The number of hydrogen-bond acceptors (Lipinski definition) is 3. The first-order valence-corrected chi connectivity index (χ1v) is 5.91. The second-order valence-electron chi connectivity index (χ2n) is 4.04. The van der Waals surface area contributed by atoms with Crippen molar-refractivity contribution in [3.8, 4) is 0 Å². The van der Waals surface area contributed by atoms with Crippen LogP contribution in [-0.2, 0) is 6.54 Å². The van der Waals surface area contributed by atoms with Gasteiger partial charge < -0.3 is 5.32 Å². The Hall–Kier alpha value is -1.16. The van der Waals surface area contributed by atoms with Gasteiger partial charge in [0.25, 0.3) is 5.56 Å². The molecule has 1 N–H and O–H groups in total. The average Bonchev–Trinajstić information content (AvgIpc) is 2.20. The molecular weight excluding hydrogens is 202 g/mol. The van der Waals surface area contributed by atoms with Crippen molar-refractivity contribution in [2.24, 2.45) is 0 Å². The Bertz CT molecular complexity index is 384. The molecule has 1 heterocycles. The molecule has 0 spiro atoms. The van der Waals surface area contributed by atoms with E-state index in [-0.39, 0.29) is 5.56 Å². The van der Waals surface area contributed by atoms with Crippen molar-refractivity contribution in [2.45, 2.75) is 40.2 Å². The number of nitrogens with one attached hydrogen (secondary N) is 1. The summed E-state index contributed by atoms with van der Waals surface area (Å²) in [6, 6.07) is 1.58. The Morgan fingerprint density at radius 3 is 2.75 bits per heavy atom. The minimum Gasteiger partial charge on any atom is -0.315 e. The van der Waals surface area contributed by atoms with Gasteiger partial charge in [-0.3, -0.25) is 9.36 Å². The van der Waals surface area contributed by atoms with Crippen LogP contribution in [0.5, 0.6) is 0 Å². The molecule has 0 bridgehead atoms. The normalized spacial score (nSPS) is 10.7. The zero-order chi connectivity index (χ0) is 12.0. The Morgan fingerprint density at radius 1 is 1.38 bits per heavy atom. The molecule has 0 aliphatic rings. The van der Waals surface area contributed by atoms with E-state index < -0.39 is 0 Å². The van der Waals surface area contributed by atoms with Crippen LogP contribution in [0.1, 0.15) is 31.3 Å². The Labute approximate surface area is 96.7 Å². The van der Waals surface area contributed by atoms with Crippen molar-refractivity contribution in [1.29, 1.82) is 0 Å². The summed E-state index contributed by atoms with van der Waals surface area (Å²) in [4.78, 5) is 16.0. The fourth-order valence-electron chi connectivity index (χ4n) is 1.65. The van der Waals surface area contributed by atoms with Crippen LogP contribution in [-0.4, -0.2) is 22.6 Å². The molecule has 4 nitrogen and oxygen atoms in total. The molecule has 0 aromatic carbocycles. The molecule has 90 valence electrons. The fraction of sp³-hybridized carbons (Fsp3) is 0.667. The lowest BCUT2D eigenvalue weighted by Gasteiger charge is -2.10. The second-order valence-corrected chi connectivity index (χ2v) is 4.04. The van der Waals surface area contributed by atoms with Gasteiger partial charge in [0.15, 0.2) is 0 Å². The van der Waals surface area contributed by atoms with Gasteiger partial charge in [-0.25, -0.2) is 4.98 Å². The lowest BCUT2D eigenvalue weighted by atomic mass is 10.3. The summed E-state index contributed by atoms with van der Waals surface area (Å²) < 4.78 is 1.71. The zero-order valence-electron chi connectivity index (χ0n) is 10.4. The van der Waals surface area contributed by atoms with Gasteiger partial charge in [-0.2, -0.15) is 0 Å². The lowest BCUT2D eigenvalue weighted by Crippen LogP contribution is -2.29. The van der Waals surface area contributed by atoms with Crippen LogP contribution in [0.25, 0.3) is 0 Å². The maximum Gasteiger partial charge on any atom is 0.253 e. The van der Waals surface area contributed by atoms with Crippen molar-refractivity contribution >= 4 is 0 Å². The summed E-state index contributed by atoms with van der Waals surface area (Å²) in [7, 11) is 0. The Kier molecular flexibility index (Phi) is 5.19. The highest BCUT2D eigenvalue weighted by atomic mass is 16.1. The summed E-state index contributed by atoms with van der Waals surface area (Å²) in [5, 5.41) is 3.32. The van der Waals surface area contributed by atoms with Gasteiger partial charge >= 0.3 is 0 Å². The van der Waals surface area contributed by atoms with Gasteiger partial charge in [-0.1, -0.05) is 13.3 Å². The van der Waals surface area contributed by atoms with Crippen LogP contribution in [0.15, 0.2) is 10.9 Å². The SMILES string of the molecule is CCCCNCCn1c(C)nc(C)cc1=O. The first-order chi connectivity index (χ1) is 7.65. The zero-order valence-corrected chi connectivity index (χ0v) is 10.4. The van der Waals surface area contributed by atoms with E-state index in [0.717, 1.165) is 24.6 Å². The predicted molar refractivity (Wildman–Crippen MR) is 65.7 cm³/mol. The average molecular weight is 223 g/mol. The number of hydrogen-bond donors (Lipinski definition) is 1. The van der Waals surface area contributed by atoms with Crippen LogP contribution in [0.3, 0.4) is 0 Å². The van der Waals surface area contributed by atoms with E-state index >= 15 is 0 Å². The number of aryl methyl sites for hydroxylation is 2. The summed E-state index contributed by atoms with van der Waals surface area (Å²) >= 11 is 0. The highest BCUT2D eigenvalue weighted by Crippen LogP contribution is 1.92. The largest absolute Gasteiger partial charge is 0.315 e. The smallest absolute Gasteiger partial charge is 0.253 e. The highest BCUT2D eigenvalue weighted by molar-refractivity contribution is 5.01. The molecule has 1 rings (SSSR count). The van der Waals surface area contributed by atoms with Crippen molar-refractivity contribution in [1.82, 2.24) is 14.9 Å². The molecule has 1 aromatic heterocycles. The van der Waals surface area contributed by atoms with E-state index in [9.17, 15) is 4.79 Å². The number of rotatable bonds is 6. The van der Waals surface area contributed by atoms with Crippen molar-refractivity contribution < 1.29 is 0 Å². The predicted octanol–water partition coefficient (Wildman–Crippen LogP) is 1.25. The van der Waals surface area contributed by atoms with Gasteiger partial charge in [0.2, 0.25) is 0 Å². The van der Waals surface area contributed by atoms with E-state index in [0.29, 0.717) is 6.54 Å². The molecular formula is C12H21N3O. The van der Waals surface area contributed by atoms with Gasteiger partial charge in [0.1, 0.15) is 5.82 Å². The Morgan fingerprint density at radius 2 is 2.12 bits per heavy atom. The fourth-order valence-corrected chi connectivity index (χ4v) is 1.65. The third-order valence-electron chi connectivity index (χ3n) is 2.55. The minimum absolute atomic E-state index is 0.0438. The molecule has 4 heteroatoms. The van der Waals surface area contributed by atoms with Crippen LogP contribution >= 0.6 is 0 Å². The number of nitrogens with zero attached hydrogens (tertiary/aromatic N) is 2. The molecule has 0 saturated heterocycles. The maximum atomic E-state index is 11.7. The molecule has 0 saturated carbocycles. The maximum absolute atomic E-state index is 11.7. The first kappa shape index (κ1) is 12.9. The molecule has 1 aromatic rings. The minimum atomic E-state index is 0.0438. The van der Waals surface area contributed by atoms with Gasteiger partial charge in [0.05, 0.1) is 0 Å². The van der Waals surface area contributed by atoms with Crippen molar-refractivity contribution in [3.63, 3.8) is 0 Å². The summed E-state index contributed by atoms with van der Waals surface area (Å²) in [5.74, 6) is 0.794. The molecule has 0 amide bonds. The van der Waals surface area contributed by atoms with E-state index in [1.165, 1.54) is 12.8 Å². The number of aromatic nitrogens is 2. The molecule has 0 aliphatic heterocycles. The monoisotopic (exact) mass is 223 g/mol. The quantitative estimate of drug-likeness (QED) is 0.738. The van der Waals surface area contributed by atoms with Crippen molar-refractivity contribution in [3.05, 3.63) is 27.9 Å². The van der Waals surface area contributed by atoms with Gasteiger partial charge in [0, 0.05) is 24.8 Å².